The van der Waals surface area contributed by atoms with Gasteiger partial charge in [-0.15, -0.1) is 0 Å². The predicted molar refractivity (Wildman–Crippen MR) is 99.9 cm³/mol. The molecule has 1 aromatic heterocycles. The summed E-state index contributed by atoms with van der Waals surface area (Å²) < 4.78 is 36.5. The van der Waals surface area contributed by atoms with Gasteiger partial charge < -0.3 is 4.74 Å². The molecule has 0 saturated carbocycles. The van der Waals surface area contributed by atoms with Crippen LogP contribution in [0.15, 0.2) is 46.1 Å². The molecule has 3 rings (SSSR count). The lowest BCUT2D eigenvalue weighted by atomic mass is 10.2. The SMILES string of the molecule is COc1ccccc1CNS(=O)(=O)c1cc2c(cc1C)n(C)c(=O)n2C. The van der Waals surface area contributed by atoms with Crippen molar-refractivity contribution >= 4 is 21.1 Å². The molecule has 1 heterocycles. The Bertz CT molecular complexity index is 1140. The molecule has 0 radical (unpaired) electrons. The summed E-state index contributed by atoms with van der Waals surface area (Å²) in [5, 5.41) is 0. The molecule has 7 nitrogen and oxygen atoms in total. The van der Waals surface area contributed by atoms with Crippen molar-refractivity contribution in [1.82, 2.24) is 13.9 Å². The Morgan fingerprint density at radius 1 is 1.08 bits per heavy atom. The van der Waals surface area contributed by atoms with Crippen LogP contribution in [0.3, 0.4) is 0 Å². The highest BCUT2D eigenvalue weighted by atomic mass is 32.2. The van der Waals surface area contributed by atoms with Crippen molar-refractivity contribution in [3.63, 3.8) is 0 Å². The number of methoxy groups -OCH3 is 1. The lowest BCUT2D eigenvalue weighted by Crippen LogP contribution is -2.24. The van der Waals surface area contributed by atoms with Crippen LogP contribution in [0.25, 0.3) is 11.0 Å². The van der Waals surface area contributed by atoms with E-state index in [2.05, 4.69) is 4.72 Å². The van der Waals surface area contributed by atoms with Crippen molar-refractivity contribution in [2.24, 2.45) is 14.1 Å². The number of ether oxygens (including phenoxy) is 1. The summed E-state index contributed by atoms with van der Waals surface area (Å²) in [6.45, 7) is 1.83. The lowest BCUT2D eigenvalue weighted by Gasteiger charge is -2.12. The molecule has 0 amide bonds. The van der Waals surface area contributed by atoms with E-state index in [-0.39, 0.29) is 17.1 Å². The first-order chi connectivity index (χ1) is 12.3. The van der Waals surface area contributed by atoms with Crippen molar-refractivity contribution in [3.05, 3.63) is 58.0 Å². The molecule has 0 fully saturated rings. The maximum Gasteiger partial charge on any atom is 0.328 e. The number of benzene rings is 2. The minimum Gasteiger partial charge on any atom is -0.496 e. The summed E-state index contributed by atoms with van der Waals surface area (Å²) in [7, 11) is 1.08. The van der Waals surface area contributed by atoms with E-state index in [0.717, 1.165) is 5.56 Å². The molecule has 3 aromatic rings. The number of sulfonamides is 1. The van der Waals surface area contributed by atoms with Crippen molar-refractivity contribution < 1.29 is 13.2 Å². The van der Waals surface area contributed by atoms with Crippen LogP contribution in [0.4, 0.5) is 0 Å². The molecule has 0 aliphatic carbocycles. The van der Waals surface area contributed by atoms with Crippen LogP contribution in [-0.4, -0.2) is 24.7 Å². The van der Waals surface area contributed by atoms with E-state index >= 15 is 0 Å². The summed E-state index contributed by atoms with van der Waals surface area (Å²) in [4.78, 5) is 12.2. The van der Waals surface area contributed by atoms with Crippen LogP contribution in [0.5, 0.6) is 5.75 Å². The Balaban J connectivity index is 2.00. The third-order valence-corrected chi connectivity index (χ3v) is 6.05. The van der Waals surface area contributed by atoms with Crippen molar-refractivity contribution in [1.29, 1.82) is 0 Å². The third kappa shape index (κ3) is 3.02. The molecule has 8 heteroatoms. The van der Waals surface area contributed by atoms with Crippen LogP contribution in [-0.2, 0) is 30.7 Å². The van der Waals surface area contributed by atoms with Gasteiger partial charge >= 0.3 is 5.69 Å². The van der Waals surface area contributed by atoms with E-state index in [9.17, 15) is 13.2 Å². The quantitative estimate of drug-likeness (QED) is 0.735. The summed E-state index contributed by atoms with van der Waals surface area (Å²) in [5.41, 5.74) is 2.38. The Morgan fingerprint density at radius 2 is 1.69 bits per heavy atom. The van der Waals surface area contributed by atoms with Gasteiger partial charge in [-0.2, -0.15) is 0 Å². The number of para-hydroxylation sites is 1. The average Bonchev–Trinajstić information content (AvgIpc) is 2.83. The monoisotopic (exact) mass is 375 g/mol. The molecule has 0 aliphatic rings. The van der Waals surface area contributed by atoms with Gasteiger partial charge in [0.15, 0.2) is 0 Å². The van der Waals surface area contributed by atoms with Gasteiger partial charge in [-0.25, -0.2) is 17.9 Å². The summed E-state index contributed by atoms with van der Waals surface area (Å²) in [6, 6.07) is 10.5. The molecular formula is C18H21N3O4S. The second-order valence-electron chi connectivity index (χ2n) is 6.14. The first kappa shape index (κ1) is 18.2. The number of nitrogens with one attached hydrogen (secondary N) is 1. The van der Waals surface area contributed by atoms with Crippen molar-refractivity contribution in [2.45, 2.75) is 18.4 Å². The van der Waals surface area contributed by atoms with Crippen LogP contribution < -0.4 is 15.1 Å². The van der Waals surface area contributed by atoms with Gasteiger partial charge in [0.2, 0.25) is 10.0 Å². The maximum absolute atomic E-state index is 12.8. The number of imidazole rings is 1. The fourth-order valence-corrected chi connectivity index (χ4v) is 4.27. The molecule has 0 atom stereocenters. The van der Waals surface area contributed by atoms with E-state index in [1.807, 2.05) is 12.1 Å². The Labute approximate surface area is 151 Å². The first-order valence-electron chi connectivity index (χ1n) is 8.04. The molecule has 0 unspecified atom stereocenters. The zero-order chi connectivity index (χ0) is 19.1. The van der Waals surface area contributed by atoms with E-state index in [1.54, 1.807) is 46.3 Å². The van der Waals surface area contributed by atoms with Crippen LogP contribution >= 0.6 is 0 Å². The second-order valence-corrected chi connectivity index (χ2v) is 7.88. The second kappa shape index (κ2) is 6.62. The highest BCUT2D eigenvalue weighted by Gasteiger charge is 2.20. The summed E-state index contributed by atoms with van der Waals surface area (Å²) >= 11 is 0. The smallest absolute Gasteiger partial charge is 0.328 e. The number of fused-ring (bicyclic) bond motifs is 1. The van der Waals surface area contributed by atoms with E-state index in [0.29, 0.717) is 22.3 Å². The Kier molecular flexibility index (Phi) is 4.64. The van der Waals surface area contributed by atoms with Crippen LogP contribution in [0, 0.1) is 6.92 Å². The Hall–Kier alpha value is -2.58. The predicted octanol–water partition coefficient (Wildman–Crippen LogP) is 1.67. The molecule has 0 aliphatic heterocycles. The van der Waals surface area contributed by atoms with Crippen molar-refractivity contribution in [3.8, 4) is 5.75 Å². The van der Waals surface area contributed by atoms with Gasteiger partial charge in [0.1, 0.15) is 5.75 Å². The minimum absolute atomic E-state index is 0.109. The molecular weight excluding hydrogens is 354 g/mol. The highest BCUT2D eigenvalue weighted by Crippen LogP contribution is 2.23. The molecule has 26 heavy (non-hydrogen) atoms. The average molecular weight is 375 g/mol. The zero-order valence-electron chi connectivity index (χ0n) is 15.1. The molecule has 1 N–H and O–H groups in total. The fourth-order valence-electron chi connectivity index (χ4n) is 3.02. The topological polar surface area (TPSA) is 82.3 Å². The van der Waals surface area contributed by atoms with E-state index in [4.69, 9.17) is 4.74 Å². The van der Waals surface area contributed by atoms with Gasteiger partial charge in [0.05, 0.1) is 23.0 Å². The minimum atomic E-state index is -3.76. The molecule has 138 valence electrons. The van der Waals surface area contributed by atoms with E-state index < -0.39 is 10.0 Å². The normalized spacial score (nSPS) is 11.8. The number of rotatable bonds is 5. The largest absolute Gasteiger partial charge is 0.496 e. The van der Waals surface area contributed by atoms with Gasteiger partial charge in [-0.3, -0.25) is 9.13 Å². The van der Waals surface area contributed by atoms with Crippen LogP contribution in [0.1, 0.15) is 11.1 Å². The standard InChI is InChI=1S/C18H21N3O4S/c1-12-9-14-15(21(3)18(22)20(14)2)10-17(12)26(23,24)19-11-13-7-5-6-8-16(13)25-4/h5-10,19H,11H2,1-4H3. The Morgan fingerprint density at radius 3 is 2.35 bits per heavy atom. The molecule has 0 spiro atoms. The molecule has 0 saturated heterocycles. The number of nitrogens with zero attached hydrogens (tertiary/aromatic N) is 2. The summed E-state index contributed by atoms with van der Waals surface area (Å²) in [5.74, 6) is 0.618. The lowest BCUT2D eigenvalue weighted by molar-refractivity contribution is 0.409. The highest BCUT2D eigenvalue weighted by molar-refractivity contribution is 7.89. The maximum atomic E-state index is 12.8. The number of hydrogen-bond acceptors (Lipinski definition) is 4. The van der Waals surface area contributed by atoms with Crippen LogP contribution in [0.2, 0.25) is 0 Å². The molecule has 2 aromatic carbocycles. The van der Waals surface area contributed by atoms with Gasteiger partial charge in [0, 0.05) is 26.2 Å². The first-order valence-corrected chi connectivity index (χ1v) is 9.52. The zero-order valence-corrected chi connectivity index (χ0v) is 15.9. The van der Waals surface area contributed by atoms with Gasteiger partial charge in [0.25, 0.3) is 0 Å². The summed E-state index contributed by atoms with van der Waals surface area (Å²) in [6.07, 6.45) is 0. The number of aromatic nitrogens is 2. The molecule has 0 bridgehead atoms. The third-order valence-electron chi connectivity index (χ3n) is 4.50. The number of aryl methyl sites for hydroxylation is 3. The fraction of sp³-hybridized carbons (Fsp3) is 0.278. The van der Waals surface area contributed by atoms with Gasteiger partial charge in [-0.05, 0) is 30.7 Å². The van der Waals surface area contributed by atoms with Gasteiger partial charge in [-0.1, -0.05) is 18.2 Å². The van der Waals surface area contributed by atoms with Crippen molar-refractivity contribution in [2.75, 3.05) is 7.11 Å². The number of hydrogen-bond donors (Lipinski definition) is 1. The van der Waals surface area contributed by atoms with E-state index in [1.165, 1.54) is 15.2 Å².